The van der Waals surface area contributed by atoms with E-state index in [1.165, 1.54) is 11.1 Å². The van der Waals surface area contributed by atoms with Crippen molar-refractivity contribution in [1.82, 2.24) is 0 Å². The first-order valence-corrected chi connectivity index (χ1v) is 3.79. The minimum Gasteiger partial charge on any atom is -0.460 e. The van der Waals surface area contributed by atoms with Crippen LogP contribution in [0.3, 0.4) is 0 Å². The number of hydrogen-bond acceptors (Lipinski definition) is 3. The summed E-state index contributed by atoms with van der Waals surface area (Å²) in [5.74, 6) is -0.340. The van der Waals surface area contributed by atoms with Gasteiger partial charge in [0.15, 0.2) is 0 Å². The number of carbonyl (C=O) groups is 1. The van der Waals surface area contributed by atoms with Gasteiger partial charge in [-0.05, 0) is 4.99 Å². The second-order valence-corrected chi connectivity index (χ2v) is 2.41. The van der Waals surface area contributed by atoms with Crippen molar-refractivity contribution in [3.8, 4) is 0 Å². The predicted octanol–water partition coefficient (Wildman–Crippen LogP) is 0.837. The summed E-state index contributed by atoms with van der Waals surface area (Å²) in [7, 11) is 0. The van der Waals surface area contributed by atoms with Gasteiger partial charge in [0.25, 0.3) is 0 Å². The van der Waals surface area contributed by atoms with E-state index in [1.54, 1.807) is 0 Å². The summed E-state index contributed by atoms with van der Waals surface area (Å²) in [6.45, 7) is 1.08. The van der Waals surface area contributed by atoms with Crippen molar-refractivity contribution in [1.29, 1.82) is 0 Å². The van der Waals surface area contributed by atoms with Gasteiger partial charge in [-0.15, -0.1) is 0 Å². The molecule has 0 radical (unpaired) electrons. The van der Waals surface area contributed by atoms with Crippen molar-refractivity contribution in [3.05, 3.63) is 11.1 Å². The molecule has 1 aliphatic heterocycles. The van der Waals surface area contributed by atoms with Gasteiger partial charge in [-0.2, -0.15) is 0 Å². The summed E-state index contributed by atoms with van der Waals surface area (Å²) in [5.41, 5.74) is 0. The van der Waals surface area contributed by atoms with Gasteiger partial charge in [0.1, 0.15) is 12.7 Å². The molecule has 0 amide bonds. The highest BCUT2D eigenvalue weighted by Crippen LogP contribution is 2.08. The van der Waals surface area contributed by atoms with Gasteiger partial charge in [0.05, 0.1) is 6.61 Å². The highest BCUT2D eigenvalue weighted by Gasteiger charge is 2.23. The van der Waals surface area contributed by atoms with Gasteiger partial charge in [-0.3, -0.25) is 0 Å². The molecule has 0 aromatic carbocycles. The van der Waals surface area contributed by atoms with E-state index in [2.05, 4.69) is 15.9 Å². The number of epoxide rings is 1. The van der Waals surface area contributed by atoms with E-state index in [1.807, 2.05) is 0 Å². The van der Waals surface area contributed by atoms with Crippen LogP contribution >= 0.6 is 15.9 Å². The maximum Gasteiger partial charge on any atom is 0.331 e. The van der Waals surface area contributed by atoms with Crippen molar-refractivity contribution in [2.75, 3.05) is 13.2 Å². The Hall–Kier alpha value is -0.350. The molecular weight excluding hydrogens is 200 g/mol. The highest BCUT2D eigenvalue weighted by atomic mass is 79.9. The summed E-state index contributed by atoms with van der Waals surface area (Å²) in [5, 5.41) is 0. The molecule has 0 spiro atoms. The number of carbonyl (C=O) groups excluding carboxylic acids is 1. The van der Waals surface area contributed by atoms with Crippen LogP contribution in [0.2, 0.25) is 0 Å². The minimum absolute atomic E-state index is 0.146. The molecular formula is C6H7BrO3. The fourth-order valence-corrected chi connectivity index (χ4v) is 0.655. The Kier molecular flexibility index (Phi) is 2.89. The zero-order chi connectivity index (χ0) is 7.40. The van der Waals surface area contributed by atoms with Crippen molar-refractivity contribution in [2.45, 2.75) is 6.10 Å². The largest absolute Gasteiger partial charge is 0.460 e. The molecule has 4 heteroatoms. The lowest BCUT2D eigenvalue weighted by atomic mass is 10.5. The standard InChI is InChI=1S/C6H7BrO3/c7-2-1-6(8)10-4-5-3-9-5/h1-2,5H,3-4H2/b2-1+. The molecule has 0 saturated carbocycles. The van der Waals surface area contributed by atoms with Crippen LogP contribution in [-0.4, -0.2) is 25.3 Å². The summed E-state index contributed by atoms with van der Waals surface area (Å²) in [6, 6.07) is 0. The molecule has 0 N–H and O–H groups in total. The molecule has 10 heavy (non-hydrogen) atoms. The minimum atomic E-state index is -0.340. The normalized spacial score (nSPS) is 23.1. The van der Waals surface area contributed by atoms with Crippen molar-refractivity contribution >= 4 is 21.9 Å². The number of rotatable bonds is 3. The Labute approximate surface area is 67.1 Å². The maximum absolute atomic E-state index is 10.6. The molecule has 1 heterocycles. The van der Waals surface area contributed by atoms with Gasteiger partial charge in [-0.1, -0.05) is 15.9 Å². The number of hydrogen-bond donors (Lipinski definition) is 0. The molecule has 1 atom stereocenters. The van der Waals surface area contributed by atoms with Crippen LogP contribution in [-0.2, 0) is 14.3 Å². The Morgan fingerprint density at radius 2 is 2.60 bits per heavy atom. The zero-order valence-corrected chi connectivity index (χ0v) is 6.83. The summed E-state index contributed by atoms with van der Waals surface area (Å²) < 4.78 is 9.55. The van der Waals surface area contributed by atoms with E-state index in [4.69, 9.17) is 9.47 Å². The lowest BCUT2D eigenvalue weighted by Crippen LogP contribution is -2.06. The fourth-order valence-electron chi connectivity index (χ4n) is 0.439. The van der Waals surface area contributed by atoms with Gasteiger partial charge in [-0.25, -0.2) is 4.79 Å². The molecule has 1 saturated heterocycles. The first-order chi connectivity index (χ1) is 4.83. The lowest BCUT2D eigenvalue weighted by Gasteiger charge is -1.95. The number of ether oxygens (including phenoxy) is 2. The Morgan fingerprint density at radius 3 is 3.10 bits per heavy atom. The van der Waals surface area contributed by atoms with Crippen molar-refractivity contribution < 1.29 is 14.3 Å². The third kappa shape index (κ3) is 2.98. The smallest absolute Gasteiger partial charge is 0.331 e. The topological polar surface area (TPSA) is 38.8 Å². The quantitative estimate of drug-likeness (QED) is 0.391. The molecule has 3 nitrogen and oxygen atoms in total. The summed E-state index contributed by atoms with van der Waals surface area (Å²) in [6.07, 6.45) is 1.45. The second kappa shape index (κ2) is 3.73. The average Bonchev–Trinajstić information content (AvgIpc) is 2.67. The van der Waals surface area contributed by atoms with E-state index < -0.39 is 0 Å². The SMILES string of the molecule is O=C(/C=C/Br)OCC1CO1. The van der Waals surface area contributed by atoms with E-state index in [0.717, 1.165) is 0 Å². The third-order valence-electron chi connectivity index (χ3n) is 1.01. The van der Waals surface area contributed by atoms with E-state index in [0.29, 0.717) is 13.2 Å². The maximum atomic E-state index is 10.6. The van der Waals surface area contributed by atoms with Gasteiger partial charge >= 0.3 is 5.97 Å². The van der Waals surface area contributed by atoms with Crippen LogP contribution in [0.4, 0.5) is 0 Å². The summed E-state index contributed by atoms with van der Waals surface area (Å²) >= 11 is 2.96. The highest BCUT2D eigenvalue weighted by molar-refractivity contribution is 9.11. The van der Waals surface area contributed by atoms with E-state index in [9.17, 15) is 4.79 Å². The van der Waals surface area contributed by atoms with Crippen LogP contribution in [0.1, 0.15) is 0 Å². The van der Waals surface area contributed by atoms with Crippen molar-refractivity contribution in [2.24, 2.45) is 0 Å². The Bertz CT molecular complexity index is 151. The first kappa shape index (κ1) is 7.75. The predicted molar refractivity (Wildman–Crippen MR) is 38.8 cm³/mol. The van der Waals surface area contributed by atoms with Gasteiger partial charge < -0.3 is 9.47 Å². The molecule has 1 rings (SSSR count). The van der Waals surface area contributed by atoms with E-state index >= 15 is 0 Å². The summed E-state index contributed by atoms with van der Waals surface area (Å²) in [4.78, 5) is 12.0. The van der Waals surface area contributed by atoms with E-state index in [-0.39, 0.29) is 12.1 Å². The Balaban J connectivity index is 2.05. The average molecular weight is 207 g/mol. The van der Waals surface area contributed by atoms with Crippen molar-refractivity contribution in [3.63, 3.8) is 0 Å². The fraction of sp³-hybridized carbons (Fsp3) is 0.500. The monoisotopic (exact) mass is 206 g/mol. The van der Waals surface area contributed by atoms with Gasteiger partial charge in [0, 0.05) is 6.08 Å². The molecule has 1 fully saturated rings. The number of esters is 1. The molecule has 1 unspecified atom stereocenters. The zero-order valence-electron chi connectivity index (χ0n) is 5.25. The Morgan fingerprint density at radius 1 is 1.90 bits per heavy atom. The first-order valence-electron chi connectivity index (χ1n) is 2.88. The van der Waals surface area contributed by atoms with Crippen LogP contribution < -0.4 is 0 Å². The van der Waals surface area contributed by atoms with Crippen LogP contribution in [0.5, 0.6) is 0 Å². The third-order valence-corrected chi connectivity index (χ3v) is 1.28. The molecule has 56 valence electrons. The van der Waals surface area contributed by atoms with Crippen LogP contribution in [0.25, 0.3) is 0 Å². The number of halogens is 1. The molecule has 1 aliphatic rings. The second-order valence-electron chi connectivity index (χ2n) is 1.88. The van der Waals surface area contributed by atoms with Gasteiger partial charge in [0.2, 0.25) is 0 Å². The van der Waals surface area contributed by atoms with Crippen LogP contribution in [0, 0.1) is 0 Å². The molecule has 0 aromatic heterocycles. The molecule has 0 aromatic rings. The molecule has 0 aliphatic carbocycles. The molecule has 0 bridgehead atoms. The van der Waals surface area contributed by atoms with Crippen LogP contribution in [0.15, 0.2) is 11.1 Å². The lowest BCUT2D eigenvalue weighted by molar-refractivity contribution is -0.138.